The lowest BCUT2D eigenvalue weighted by atomic mass is 10.2. The summed E-state index contributed by atoms with van der Waals surface area (Å²) in [5.74, 6) is 1.23. The quantitative estimate of drug-likeness (QED) is 0.499. The normalized spacial score (nSPS) is 12.6. The fourth-order valence-electron chi connectivity index (χ4n) is 3.71. The predicted molar refractivity (Wildman–Crippen MR) is 112 cm³/mol. The summed E-state index contributed by atoms with van der Waals surface area (Å²) >= 11 is 0. The second-order valence-electron chi connectivity index (χ2n) is 7.23. The van der Waals surface area contributed by atoms with E-state index in [1.54, 1.807) is 31.6 Å². The van der Waals surface area contributed by atoms with E-state index in [1.165, 1.54) is 9.13 Å². The Morgan fingerprint density at radius 1 is 1.24 bits per heavy atom. The molecule has 3 aromatic heterocycles. The van der Waals surface area contributed by atoms with E-state index in [0.29, 0.717) is 22.7 Å². The van der Waals surface area contributed by atoms with Crippen molar-refractivity contribution in [2.45, 2.75) is 26.8 Å². The van der Waals surface area contributed by atoms with Crippen LogP contribution in [0.25, 0.3) is 22.6 Å². The molecular weight excluding hydrogens is 370 g/mol. The van der Waals surface area contributed by atoms with Gasteiger partial charge in [0.1, 0.15) is 5.75 Å². The topological polar surface area (TPSA) is 75.5 Å². The Morgan fingerprint density at radius 3 is 2.62 bits per heavy atom. The maximum absolute atomic E-state index is 13.2. The summed E-state index contributed by atoms with van der Waals surface area (Å²) in [7, 11) is 3.23. The first-order valence-corrected chi connectivity index (χ1v) is 9.29. The standard InChI is InChI=1S/C21H23N5O3/c1-7-13(3)26-19(27)17-18(23(5)21(26)28)22-20-24(17)11-14(4)25(20)15-10-12(2)8-9-16(15)29-6/h7-11,13H,1H2,2-6H3/t13-/m1/s1. The van der Waals surface area contributed by atoms with Gasteiger partial charge in [-0.05, 0) is 38.5 Å². The van der Waals surface area contributed by atoms with Gasteiger partial charge in [-0.1, -0.05) is 12.1 Å². The van der Waals surface area contributed by atoms with Crippen molar-refractivity contribution in [3.63, 3.8) is 0 Å². The Morgan fingerprint density at radius 2 is 1.97 bits per heavy atom. The van der Waals surface area contributed by atoms with Crippen LogP contribution in [0.3, 0.4) is 0 Å². The lowest BCUT2D eigenvalue weighted by Gasteiger charge is -2.12. The van der Waals surface area contributed by atoms with Gasteiger partial charge in [0, 0.05) is 18.9 Å². The summed E-state index contributed by atoms with van der Waals surface area (Å²) in [6.45, 7) is 9.41. The van der Waals surface area contributed by atoms with Crippen molar-refractivity contribution in [1.82, 2.24) is 23.1 Å². The van der Waals surface area contributed by atoms with Gasteiger partial charge in [-0.3, -0.25) is 22.9 Å². The SMILES string of the molecule is C=C[C@@H](C)n1c(=O)c2c(nc3n(-c4cc(C)ccc4OC)c(C)cn23)n(C)c1=O. The number of ether oxygens (including phenoxy) is 1. The third kappa shape index (κ3) is 2.55. The molecule has 8 nitrogen and oxygen atoms in total. The first-order chi connectivity index (χ1) is 13.8. The largest absolute Gasteiger partial charge is 0.495 e. The number of imidazole rings is 2. The molecule has 1 atom stereocenters. The number of hydrogen-bond acceptors (Lipinski definition) is 4. The van der Waals surface area contributed by atoms with E-state index < -0.39 is 17.3 Å². The van der Waals surface area contributed by atoms with Crippen LogP contribution in [0.2, 0.25) is 0 Å². The van der Waals surface area contributed by atoms with Crippen molar-refractivity contribution in [3.8, 4) is 11.4 Å². The Balaban J connectivity index is 2.18. The molecule has 3 heterocycles. The van der Waals surface area contributed by atoms with E-state index >= 15 is 0 Å². The minimum absolute atomic E-state index is 0.336. The van der Waals surface area contributed by atoms with Gasteiger partial charge in [-0.15, -0.1) is 6.58 Å². The predicted octanol–water partition coefficient (Wildman–Crippen LogP) is 2.51. The van der Waals surface area contributed by atoms with Gasteiger partial charge in [-0.2, -0.15) is 4.98 Å². The van der Waals surface area contributed by atoms with Crippen molar-refractivity contribution in [2.24, 2.45) is 7.05 Å². The molecule has 0 bridgehead atoms. The zero-order valence-electron chi connectivity index (χ0n) is 17.1. The highest BCUT2D eigenvalue weighted by molar-refractivity contribution is 5.77. The lowest BCUT2D eigenvalue weighted by molar-refractivity contribution is 0.413. The number of benzene rings is 1. The molecule has 0 N–H and O–H groups in total. The molecule has 0 aliphatic heterocycles. The fourth-order valence-corrected chi connectivity index (χ4v) is 3.71. The van der Waals surface area contributed by atoms with Crippen LogP contribution in [0.4, 0.5) is 0 Å². The van der Waals surface area contributed by atoms with Crippen LogP contribution in [-0.2, 0) is 7.05 Å². The maximum atomic E-state index is 13.2. The Bertz CT molecular complexity index is 1400. The summed E-state index contributed by atoms with van der Waals surface area (Å²) in [5.41, 5.74) is 2.64. The summed E-state index contributed by atoms with van der Waals surface area (Å²) < 4.78 is 11.8. The molecule has 4 aromatic rings. The van der Waals surface area contributed by atoms with E-state index in [2.05, 4.69) is 11.6 Å². The minimum atomic E-state index is -0.434. The second kappa shape index (κ2) is 6.51. The van der Waals surface area contributed by atoms with Crippen molar-refractivity contribution in [3.05, 3.63) is 69.1 Å². The zero-order valence-corrected chi connectivity index (χ0v) is 17.1. The summed E-state index contributed by atoms with van der Waals surface area (Å²) in [4.78, 5) is 30.6. The molecule has 8 heteroatoms. The molecule has 4 rings (SSSR count). The highest BCUT2D eigenvalue weighted by Crippen LogP contribution is 2.28. The smallest absolute Gasteiger partial charge is 0.333 e. The molecule has 0 fully saturated rings. The van der Waals surface area contributed by atoms with Gasteiger partial charge in [0.25, 0.3) is 5.56 Å². The van der Waals surface area contributed by atoms with E-state index in [9.17, 15) is 9.59 Å². The summed E-state index contributed by atoms with van der Waals surface area (Å²) in [6.07, 6.45) is 3.42. The van der Waals surface area contributed by atoms with E-state index in [1.807, 2.05) is 42.8 Å². The molecular formula is C21H23N5O3. The average Bonchev–Trinajstić information content (AvgIpc) is 3.20. The number of aryl methyl sites for hydroxylation is 3. The van der Waals surface area contributed by atoms with E-state index in [4.69, 9.17) is 4.74 Å². The monoisotopic (exact) mass is 393 g/mol. The highest BCUT2D eigenvalue weighted by Gasteiger charge is 2.23. The Kier molecular flexibility index (Phi) is 4.22. The first kappa shape index (κ1) is 18.8. The molecule has 1 aromatic carbocycles. The van der Waals surface area contributed by atoms with Crippen LogP contribution in [-0.4, -0.2) is 30.2 Å². The molecule has 0 amide bonds. The molecule has 0 aliphatic carbocycles. The van der Waals surface area contributed by atoms with Crippen molar-refractivity contribution in [1.29, 1.82) is 0 Å². The average molecular weight is 393 g/mol. The van der Waals surface area contributed by atoms with Crippen molar-refractivity contribution >= 4 is 16.9 Å². The summed E-state index contributed by atoms with van der Waals surface area (Å²) in [6, 6.07) is 5.44. The highest BCUT2D eigenvalue weighted by atomic mass is 16.5. The number of allylic oxidation sites excluding steroid dienone is 1. The Labute approximate surface area is 166 Å². The molecule has 0 spiro atoms. The van der Waals surface area contributed by atoms with Gasteiger partial charge in [0.15, 0.2) is 11.2 Å². The molecule has 150 valence electrons. The van der Waals surface area contributed by atoms with Crippen LogP contribution >= 0.6 is 0 Å². The maximum Gasteiger partial charge on any atom is 0.333 e. The molecule has 29 heavy (non-hydrogen) atoms. The minimum Gasteiger partial charge on any atom is -0.495 e. The zero-order chi connectivity index (χ0) is 21.0. The van der Waals surface area contributed by atoms with Crippen LogP contribution < -0.4 is 16.0 Å². The third-order valence-electron chi connectivity index (χ3n) is 5.30. The van der Waals surface area contributed by atoms with Gasteiger partial charge < -0.3 is 4.74 Å². The molecule has 0 aliphatic rings. The van der Waals surface area contributed by atoms with Crippen molar-refractivity contribution < 1.29 is 4.74 Å². The third-order valence-corrected chi connectivity index (χ3v) is 5.30. The summed E-state index contributed by atoms with van der Waals surface area (Å²) in [5, 5.41) is 0. The van der Waals surface area contributed by atoms with Gasteiger partial charge in [-0.25, -0.2) is 4.79 Å². The second-order valence-corrected chi connectivity index (χ2v) is 7.23. The fraction of sp³-hybridized carbons (Fsp3) is 0.286. The first-order valence-electron chi connectivity index (χ1n) is 9.29. The van der Waals surface area contributed by atoms with Gasteiger partial charge in [0.05, 0.1) is 18.8 Å². The molecule has 0 saturated heterocycles. The van der Waals surface area contributed by atoms with Crippen LogP contribution in [0.1, 0.15) is 24.2 Å². The van der Waals surface area contributed by atoms with Crippen LogP contribution in [0.5, 0.6) is 5.75 Å². The molecule has 0 unspecified atom stereocenters. The number of aromatic nitrogens is 5. The van der Waals surface area contributed by atoms with Gasteiger partial charge in [0.2, 0.25) is 5.78 Å². The number of nitrogens with zero attached hydrogens (tertiary/aromatic N) is 5. The Hall–Kier alpha value is -3.55. The van der Waals surface area contributed by atoms with E-state index in [0.717, 1.165) is 16.9 Å². The number of fused-ring (bicyclic) bond motifs is 3. The van der Waals surface area contributed by atoms with Crippen LogP contribution in [0, 0.1) is 13.8 Å². The number of methoxy groups -OCH3 is 1. The van der Waals surface area contributed by atoms with E-state index in [-0.39, 0.29) is 0 Å². The lowest BCUT2D eigenvalue weighted by Crippen LogP contribution is -2.40. The van der Waals surface area contributed by atoms with Gasteiger partial charge >= 0.3 is 5.69 Å². The van der Waals surface area contributed by atoms with Crippen LogP contribution in [0.15, 0.2) is 46.6 Å². The molecule has 0 radical (unpaired) electrons. The number of hydrogen-bond donors (Lipinski definition) is 0. The molecule has 0 saturated carbocycles. The number of rotatable bonds is 4. The van der Waals surface area contributed by atoms with Crippen molar-refractivity contribution in [2.75, 3.05) is 7.11 Å².